The first kappa shape index (κ1) is 18.1. The van der Waals surface area contributed by atoms with Crippen LogP contribution in [0.1, 0.15) is 33.6 Å². The zero-order chi connectivity index (χ0) is 13.1. The van der Waals surface area contributed by atoms with Gasteiger partial charge < -0.3 is 10.5 Å². The smallest absolute Gasteiger partial charge is 0.214 e. The van der Waals surface area contributed by atoms with E-state index in [2.05, 4.69) is 4.72 Å². The maximum Gasteiger partial charge on any atom is 0.214 e. The van der Waals surface area contributed by atoms with Crippen molar-refractivity contribution in [2.24, 2.45) is 11.7 Å². The molecule has 0 spiro atoms. The van der Waals surface area contributed by atoms with E-state index < -0.39 is 15.6 Å². The molecule has 0 aromatic rings. The molecule has 0 aliphatic heterocycles. The molecule has 0 amide bonds. The van der Waals surface area contributed by atoms with Crippen molar-refractivity contribution in [1.29, 1.82) is 0 Å². The normalized spacial score (nSPS) is 19.4. The summed E-state index contributed by atoms with van der Waals surface area (Å²) in [5.74, 6) is 0.376. The Labute approximate surface area is 116 Å². The first-order valence-electron chi connectivity index (χ1n) is 6.12. The number of halogens is 1. The molecule has 7 heteroatoms. The van der Waals surface area contributed by atoms with Crippen LogP contribution in [0, 0.1) is 5.92 Å². The average molecular weight is 301 g/mol. The second-order valence-electron chi connectivity index (χ2n) is 5.24. The molecule has 1 rings (SSSR count). The van der Waals surface area contributed by atoms with Gasteiger partial charge in [0.15, 0.2) is 0 Å². The predicted molar refractivity (Wildman–Crippen MR) is 75.4 cm³/mol. The van der Waals surface area contributed by atoms with Gasteiger partial charge in [0.25, 0.3) is 0 Å². The largest absolute Gasteiger partial charge is 0.378 e. The maximum atomic E-state index is 11.9. The van der Waals surface area contributed by atoms with Gasteiger partial charge in [0.2, 0.25) is 10.0 Å². The summed E-state index contributed by atoms with van der Waals surface area (Å²) in [5.41, 5.74) is 5.18. The van der Waals surface area contributed by atoms with Crippen molar-refractivity contribution < 1.29 is 13.2 Å². The van der Waals surface area contributed by atoms with E-state index in [4.69, 9.17) is 10.5 Å². The molecule has 1 unspecified atom stereocenters. The lowest BCUT2D eigenvalue weighted by Gasteiger charge is -2.29. The highest BCUT2D eigenvalue weighted by Gasteiger charge is 2.42. The molecular weight excluding hydrogens is 276 g/mol. The van der Waals surface area contributed by atoms with E-state index in [1.54, 1.807) is 0 Å². The van der Waals surface area contributed by atoms with E-state index in [1.165, 1.54) is 0 Å². The van der Waals surface area contributed by atoms with Crippen molar-refractivity contribution in [2.75, 3.05) is 18.9 Å². The molecular formula is C11H25ClN2O3S. The zero-order valence-corrected chi connectivity index (χ0v) is 12.9. The number of sulfonamides is 1. The summed E-state index contributed by atoms with van der Waals surface area (Å²) in [6.45, 7) is 6.20. The summed E-state index contributed by atoms with van der Waals surface area (Å²) in [7, 11) is -3.31. The lowest BCUT2D eigenvalue weighted by atomic mass is 9.98. The minimum absolute atomic E-state index is 0. The molecule has 1 saturated carbocycles. The fourth-order valence-corrected chi connectivity index (χ4v) is 3.19. The van der Waals surface area contributed by atoms with Crippen LogP contribution in [0.15, 0.2) is 0 Å². The maximum absolute atomic E-state index is 11.9. The van der Waals surface area contributed by atoms with Gasteiger partial charge in [0.05, 0.1) is 18.5 Å². The number of hydrogen-bond acceptors (Lipinski definition) is 4. The molecule has 0 saturated heterocycles. The van der Waals surface area contributed by atoms with E-state index in [0.29, 0.717) is 12.5 Å². The third-order valence-electron chi connectivity index (χ3n) is 3.09. The topological polar surface area (TPSA) is 81.4 Å². The van der Waals surface area contributed by atoms with Crippen LogP contribution in [0.5, 0.6) is 0 Å². The van der Waals surface area contributed by atoms with Gasteiger partial charge in [-0.15, -0.1) is 12.4 Å². The molecule has 110 valence electrons. The fraction of sp³-hybridized carbons (Fsp3) is 1.00. The highest BCUT2D eigenvalue weighted by Crippen LogP contribution is 2.39. The van der Waals surface area contributed by atoms with Crippen LogP contribution in [0.3, 0.4) is 0 Å². The van der Waals surface area contributed by atoms with Crippen molar-refractivity contribution in [2.45, 2.75) is 45.3 Å². The third-order valence-corrected chi connectivity index (χ3v) is 4.58. The van der Waals surface area contributed by atoms with Crippen LogP contribution in [-0.4, -0.2) is 39.0 Å². The SMILES string of the molecule is CC(C)OCCS(=O)(=O)NC(C)(CN)C1CC1.Cl. The highest BCUT2D eigenvalue weighted by atomic mass is 35.5. The molecule has 0 bridgehead atoms. The summed E-state index contributed by atoms with van der Waals surface area (Å²) < 4.78 is 31.7. The lowest BCUT2D eigenvalue weighted by Crippen LogP contribution is -2.53. The van der Waals surface area contributed by atoms with Crippen molar-refractivity contribution in [1.82, 2.24) is 4.72 Å². The molecule has 1 aliphatic carbocycles. The molecule has 5 nitrogen and oxygen atoms in total. The summed E-state index contributed by atoms with van der Waals surface area (Å²) in [6.07, 6.45) is 2.16. The molecule has 0 radical (unpaired) electrons. The second kappa shape index (κ2) is 7.05. The van der Waals surface area contributed by atoms with E-state index in [-0.39, 0.29) is 30.9 Å². The van der Waals surface area contributed by atoms with E-state index in [9.17, 15) is 8.42 Å². The molecule has 1 aliphatic rings. The van der Waals surface area contributed by atoms with E-state index >= 15 is 0 Å². The number of nitrogens with two attached hydrogens (primary N) is 1. The van der Waals surface area contributed by atoms with Gasteiger partial charge in [0, 0.05) is 12.1 Å². The van der Waals surface area contributed by atoms with E-state index in [1.807, 2.05) is 20.8 Å². The number of nitrogens with one attached hydrogen (secondary N) is 1. The Morgan fingerprint density at radius 3 is 2.39 bits per heavy atom. The Hall–Kier alpha value is 0.120. The van der Waals surface area contributed by atoms with Crippen molar-refractivity contribution >= 4 is 22.4 Å². The molecule has 3 N–H and O–H groups in total. The van der Waals surface area contributed by atoms with Crippen LogP contribution in [0.2, 0.25) is 0 Å². The Kier molecular flexibility index (Phi) is 7.10. The summed E-state index contributed by atoms with van der Waals surface area (Å²) >= 11 is 0. The predicted octanol–water partition coefficient (Wildman–Crippen LogP) is 0.880. The zero-order valence-electron chi connectivity index (χ0n) is 11.3. The molecule has 18 heavy (non-hydrogen) atoms. The summed E-state index contributed by atoms with van der Waals surface area (Å²) in [4.78, 5) is 0. The van der Waals surface area contributed by atoms with Crippen LogP contribution in [-0.2, 0) is 14.8 Å². The Bertz CT molecular complexity index is 344. The van der Waals surface area contributed by atoms with Crippen LogP contribution in [0.4, 0.5) is 0 Å². The first-order valence-corrected chi connectivity index (χ1v) is 7.77. The molecule has 1 fully saturated rings. The number of ether oxygens (including phenoxy) is 1. The monoisotopic (exact) mass is 300 g/mol. The lowest BCUT2D eigenvalue weighted by molar-refractivity contribution is 0.0910. The van der Waals surface area contributed by atoms with Gasteiger partial charge in [-0.3, -0.25) is 0 Å². The van der Waals surface area contributed by atoms with Gasteiger partial charge >= 0.3 is 0 Å². The van der Waals surface area contributed by atoms with Gasteiger partial charge in [-0.25, -0.2) is 13.1 Å². The van der Waals surface area contributed by atoms with E-state index in [0.717, 1.165) is 12.8 Å². The Morgan fingerprint density at radius 1 is 1.44 bits per heavy atom. The first-order chi connectivity index (χ1) is 7.79. The highest BCUT2D eigenvalue weighted by molar-refractivity contribution is 7.89. The number of rotatable bonds is 8. The molecule has 0 heterocycles. The standard InChI is InChI=1S/C11H24N2O3S.ClH/c1-9(2)16-6-7-17(14,15)13-11(3,8-12)10-4-5-10;/h9-10,13H,4-8,12H2,1-3H3;1H. The van der Waals surface area contributed by atoms with Crippen LogP contribution >= 0.6 is 12.4 Å². The third kappa shape index (κ3) is 5.84. The molecule has 1 atom stereocenters. The fourth-order valence-electron chi connectivity index (χ4n) is 1.81. The summed E-state index contributed by atoms with van der Waals surface area (Å²) in [6, 6.07) is 0. The van der Waals surface area contributed by atoms with Crippen LogP contribution in [0.25, 0.3) is 0 Å². The van der Waals surface area contributed by atoms with Crippen molar-refractivity contribution in [3.8, 4) is 0 Å². The average Bonchev–Trinajstić information content (AvgIpc) is 2.98. The van der Waals surface area contributed by atoms with Crippen molar-refractivity contribution in [3.63, 3.8) is 0 Å². The van der Waals surface area contributed by atoms with Crippen molar-refractivity contribution in [3.05, 3.63) is 0 Å². The van der Waals surface area contributed by atoms with Gasteiger partial charge in [-0.1, -0.05) is 0 Å². The van der Waals surface area contributed by atoms with Gasteiger partial charge in [-0.2, -0.15) is 0 Å². The van der Waals surface area contributed by atoms with Gasteiger partial charge in [-0.05, 0) is 39.5 Å². The molecule has 0 aromatic carbocycles. The van der Waals surface area contributed by atoms with Crippen LogP contribution < -0.4 is 10.5 Å². The Morgan fingerprint density at radius 2 is 2.00 bits per heavy atom. The number of hydrogen-bond donors (Lipinski definition) is 2. The van der Waals surface area contributed by atoms with Gasteiger partial charge in [0.1, 0.15) is 0 Å². The quantitative estimate of drug-likeness (QED) is 0.697. The second-order valence-corrected chi connectivity index (χ2v) is 7.08. The summed E-state index contributed by atoms with van der Waals surface area (Å²) in [5, 5.41) is 0. The molecule has 0 aromatic heterocycles. The minimum Gasteiger partial charge on any atom is -0.378 e. The Balaban J connectivity index is 0.00000289. The minimum atomic E-state index is -3.31.